The highest BCUT2D eigenvalue weighted by molar-refractivity contribution is 5.77. The van der Waals surface area contributed by atoms with Gasteiger partial charge in [-0.05, 0) is 44.7 Å². The zero-order valence-electron chi connectivity index (χ0n) is 9.08. The van der Waals surface area contributed by atoms with Crippen LogP contribution in [0.15, 0.2) is 0 Å². The molecule has 0 aromatic rings. The smallest absolute Gasteiger partial charge is 0.223 e. The molecule has 0 saturated carbocycles. The Labute approximate surface area is 90.5 Å². The summed E-state index contributed by atoms with van der Waals surface area (Å²) >= 11 is 0. The van der Waals surface area contributed by atoms with Crippen LogP contribution in [-0.2, 0) is 9.53 Å². The quantitative estimate of drug-likeness (QED) is 0.705. The van der Waals surface area contributed by atoms with Crippen LogP contribution in [0.4, 0.5) is 0 Å². The van der Waals surface area contributed by atoms with Crippen LogP contribution in [0, 0.1) is 11.8 Å². The van der Waals surface area contributed by atoms with Crippen molar-refractivity contribution in [1.29, 1.82) is 0 Å². The van der Waals surface area contributed by atoms with Crippen LogP contribution >= 0.6 is 0 Å². The normalized spacial score (nSPS) is 33.1. The number of ether oxygens (including phenoxy) is 1. The van der Waals surface area contributed by atoms with Crippen molar-refractivity contribution in [2.24, 2.45) is 17.6 Å². The molecule has 2 saturated heterocycles. The predicted octanol–water partition coefficient (Wildman–Crippen LogP) is 0.266. The number of nitrogens with two attached hydrogens (primary N) is 1. The maximum atomic E-state index is 11.2. The molecule has 2 aliphatic heterocycles. The van der Waals surface area contributed by atoms with Crippen molar-refractivity contribution in [2.45, 2.75) is 31.8 Å². The first kappa shape index (κ1) is 10.9. The SMILES string of the molecule is NC(=O)[C@@H]1CCO[C@@H]1CC1CCNCC1. The van der Waals surface area contributed by atoms with E-state index < -0.39 is 0 Å². The number of hydrogen-bond acceptors (Lipinski definition) is 3. The second kappa shape index (κ2) is 4.94. The molecule has 0 unspecified atom stereocenters. The lowest BCUT2D eigenvalue weighted by Crippen LogP contribution is -2.34. The van der Waals surface area contributed by atoms with Crippen molar-refractivity contribution < 1.29 is 9.53 Å². The average Bonchev–Trinajstić information content (AvgIpc) is 2.67. The van der Waals surface area contributed by atoms with Gasteiger partial charge < -0.3 is 15.8 Å². The van der Waals surface area contributed by atoms with Gasteiger partial charge >= 0.3 is 0 Å². The van der Waals surface area contributed by atoms with Crippen LogP contribution < -0.4 is 11.1 Å². The van der Waals surface area contributed by atoms with Gasteiger partial charge in [0.1, 0.15) is 0 Å². The van der Waals surface area contributed by atoms with Crippen LogP contribution in [0.1, 0.15) is 25.7 Å². The molecule has 3 N–H and O–H groups in total. The van der Waals surface area contributed by atoms with E-state index >= 15 is 0 Å². The number of nitrogens with one attached hydrogen (secondary N) is 1. The van der Waals surface area contributed by atoms with Crippen molar-refractivity contribution in [3.63, 3.8) is 0 Å². The Morgan fingerprint density at radius 2 is 2.07 bits per heavy atom. The van der Waals surface area contributed by atoms with Gasteiger partial charge in [0, 0.05) is 6.61 Å². The zero-order valence-corrected chi connectivity index (χ0v) is 9.08. The topological polar surface area (TPSA) is 64.4 Å². The Morgan fingerprint density at radius 1 is 1.33 bits per heavy atom. The van der Waals surface area contributed by atoms with Gasteiger partial charge in [-0.3, -0.25) is 4.79 Å². The lowest BCUT2D eigenvalue weighted by atomic mass is 9.87. The Bertz CT molecular complexity index is 227. The Balaban J connectivity index is 1.84. The van der Waals surface area contributed by atoms with E-state index in [-0.39, 0.29) is 17.9 Å². The molecule has 86 valence electrons. The predicted molar refractivity (Wildman–Crippen MR) is 57.3 cm³/mol. The largest absolute Gasteiger partial charge is 0.377 e. The highest BCUT2D eigenvalue weighted by Crippen LogP contribution is 2.29. The number of hydrogen-bond donors (Lipinski definition) is 2. The fourth-order valence-corrected chi connectivity index (χ4v) is 2.65. The van der Waals surface area contributed by atoms with E-state index in [1.54, 1.807) is 0 Å². The van der Waals surface area contributed by atoms with Crippen molar-refractivity contribution in [3.8, 4) is 0 Å². The van der Waals surface area contributed by atoms with E-state index in [0.717, 1.165) is 25.9 Å². The number of rotatable bonds is 3. The van der Waals surface area contributed by atoms with Crippen LogP contribution in [0.3, 0.4) is 0 Å². The molecule has 1 amide bonds. The van der Waals surface area contributed by atoms with Gasteiger partial charge in [-0.2, -0.15) is 0 Å². The van der Waals surface area contributed by atoms with Crippen molar-refractivity contribution in [2.75, 3.05) is 19.7 Å². The number of primary amides is 1. The fourth-order valence-electron chi connectivity index (χ4n) is 2.65. The minimum Gasteiger partial charge on any atom is -0.377 e. The fraction of sp³-hybridized carbons (Fsp3) is 0.909. The summed E-state index contributed by atoms with van der Waals surface area (Å²) < 4.78 is 5.61. The van der Waals surface area contributed by atoms with Crippen LogP contribution in [-0.4, -0.2) is 31.7 Å². The molecule has 2 aliphatic rings. The summed E-state index contributed by atoms with van der Waals surface area (Å²) in [6.45, 7) is 2.89. The Morgan fingerprint density at radius 3 is 2.73 bits per heavy atom. The molecule has 0 aromatic heterocycles. The summed E-state index contributed by atoms with van der Waals surface area (Å²) in [4.78, 5) is 11.2. The monoisotopic (exact) mass is 212 g/mol. The highest BCUT2D eigenvalue weighted by Gasteiger charge is 2.34. The van der Waals surface area contributed by atoms with E-state index in [4.69, 9.17) is 10.5 Å². The van der Waals surface area contributed by atoms with Crippen LogP contribution in [0.25, 0.3) is 0 Å². The lowest BCUT2D eigenvalue weighted by molar-refractivity contribution is -0.123. The zero-order chi connectivity index (χ0) is 10.7. The summed E-state index contributed by atoms with van der Waals surface area (Å²) in [6, 6.07) is 0. The minimum absolute atomic E-state index is 0.0418. The molecule has 15 heavy (non-hydrogen) atoms. The van der Waals surface area contributed by atoms with Gasteiger partial charge in [0.2, 0.25) is 5.91 Å². The maximum absolute atomic E-state index is 11.2. The second-order valence-corrected chi connectivity index (χ2v) is 4.64. The highest BCUT2D eigenvalue weighted by atomic mass is 16.5. The van der Waals surface area contributed by atoms with E-state index in [9.17, 15) is 4.79 Å². The second-order valence-electron chi connectivity index (χ2n) is 4.64. The van der Waals surface area contributed by atoms with Gasteiger partial charge in [-0.1, -0.05) is 0 Å². The first-order valence-corrected chi connectivity index (χ1v) is 5.89. The van der Waals surface area contributed by atoms with Gasteiger partial charge in [0.05, 0.1) is 12.0 Å². The number of piperidine rings is 1. The van der Waals surface area contributed by atoms with Gasteiger partial charge in [-0.25, -0.2) is 0 Å². The summed E-state index contributed by atoms with van der Waals surface area (Å²) in [5, 5.41) is 3.34. The standard InChI is InChI=1S/C11H20N2O2/c12-11(14)9-3-6-15-10(9)7-8-1-4-13-5-2-8/h8-10,13H,1-7H2,(H2,12,14)/t9-,10-/m1/s1. The first-order valence-electron chi connectivity index (χ1n) is 5.89. The molecule has 2 heterocycles. The van der Waals surface area contributed by atoms with Gasteiger partial charge in [-0.15, -0.1) is 0 Å². The summed E-state index contributed by atoms with van der Waals surface area (Å²) in [5.74, 6) is 0.475. The molecule has 4 heteroatoms. The molecule has 4 nitrogen and oxygen atoms in total. The van der Waals surface area contributed by atoms with Crippen LogP contribution in [0.5, 0.6) is 0 Å². The third-order valence-electron chi connectivity index (χ3n) is 3.60. The molecular formula is C11H20N2O2. The molecule has 0 bridgehead atoms. The van der Waals surface area contributed by atoms with Gasteiger partial charge in [0.15, 0.2) is 0 Å². The lowest BCUT2D eigenvalue weighted by Gasteiger charge is -2.26. The third kappa shape index (κ3) is 2.69. The molecule has 0 spiro atoms. The number of carbonyl (C=O) groups excluding carboxylic acids is 1. The van der Waals surface area contributed by atoms with Crippen molar-refractivity contribution in [1.82, 2.24) is 5.32 Å². The van der Waals surface area contributed by atoms with E-state index in [1.807, 2.05) is 0 Å². The minimum atomic E-state index is -0.188. The number of amides is 1. The van der Waals surface area contributed by atoms with Crippen molar-refractivity contribution >= 4 is 5.91 Å². The molecule has 0 radical (unpaired) electrons. The Kier molecular flexibility index (Phi) is 3.59. The van der Waals surface area contributed by atoms with E-state index in [0.29, 0.717) is 12.5 Å². The summed E-state index contributed by atoms with van der Waals surface area (Å²) in [5.41, 5.74) is 5.36. The van der Waals surface area contributed by atoms with Gasteiger partial charge in [0.25, 0.3) is 0 Å². The summed E-state index contributed by atoms with van der Waals surface area (Å²) in [6.07, 6.45) is 4.31. The Hall–Kier alpha value is -0.610. The molecular weight excluding hydrogens is 192 g/mol. The molecule has 0 aromatic carbocycles. The maximum Gasteiger partial charge on any atom is 0.223 e. The molecule has 2 fully saturated rings. The van der Waals surface area contributed by atoms with E-state index in [1.165, 1.54) is 12.8 Å². The first-order chi connectivity index (χ1) is 7.27. The average molecular weight is 212 g/mol. The van der Waals surface area contributed by atoms with E-state index in [2.05, 4.69) is 5.32 Å². The summed E-state index contributed by atoms with van der Waals surface area (Å²) in [7, 11) is 0. The molecule has 2 rings (SSSR count). The van der Waals surface area contributed by atoms with Crippen molar-refractivity contribution in [3.05, 3.63) is 0 Å². The molecule has 2 atom stereocenters. The molecule has 0 aliphatic carbocycles. The third-order valence-corrected chi connectivity index (χ3v) is 3.60. The van der Waals surface area contributed by atoms with Crippen LogP contribution in [0.2, 0.25) is 0 Å². The number of carbonyl (C=O) groups is 1.